The Morgan fingerprint density at radius 3 is 2.29 bits per heavy atom. The number of nitrogens with one attached hydrogen (secondary N) is 1. The van der Waals surface area contributed by atoms with E-state index in [4.69, 9.17) is 15.6 Å². The summed E-state index contributed by atoms with van der Waals surface area (Å²) in [6, 6.07) is 17.9. The zero-order chi connectivity index (χ0) is 20.3. The fraction of sp³-hybridized carbons (Fsp3) is 0.0500. The van der Waals surface area contributed by atoms with Gasteiger partial charge in [-0.2, -0.15) is 0 Å². The van der Waals surface area contributed by atoms with E-state index in [1.165, 1.54) is 12.1 Å². The molecule has 0 aliphatic heterocycles. The predicted octanol–water partition coefficient (Wildman–Crippen LogP) is 2.84. The summed E-state index contributed by atoms with van der Waals surface area (Å²) in [6.07, 6.45) is 0. The first-order valence-electron chi connectivity index (χ1n) is 8.26. The van der Waals surface area contributed by atoms with Crippen LogP contribution in [0.2, 0.25) is 0 Å². The predicted molar refractivity (Wildman–Crippen MR) is 109 cm³/mol. The Labute approximate surface area is 163 Å². The van der Waals surface area contributed by atoms with Crippen LogP contribution in [0.3, 0.4) is 0 Å². The number of nitrogens with two attached hydrogens (primary N) is 2. The molecular weight excluding hydrogens is 378 g/mol. The zero-order valence-electron chi connectivity index (χ0n) is 15.0. The molecule has 0 radical (unpaired) electrons. The SMILES string of the molecule is COc1ccc(C(=O)Nc2cc(-c3cccc(S(N)(=O)=O)c3)ccc2N)cc1. The number of carbonyl (C=O) groups excluding carboxylic acids is 1. The molecule has 0 aromatic heterocycles. The number of hydrogen-bond acceptors (Lipinski definition) is 5. The second kappa shape index (κ2) is 7.71. The minimum atomic E-state index is -3.82. The van der Waals surface area contributed by atoms with Crippen LogP contribution in [0, 0.1) is 0 Å². The third-order valence-corrected chi connectivity index (χ3v) is 5.06. The number of benzene rings is 3. The van der Waals surface area contributed by atoms with Crippen LogP contribution in [0.25, 0.3) is 11.1 Å². The molecule has 3 aromatic carbocycles. The van der Waals surface area contributed by atoms with E-state index in [0.717, 1.165) is 0 Å². The number of methoxy groups -OCH3 is 1. The highest BCUT2D eigenvalue weighted by Crippen LogP contribution is 2.29. The van der Waals surface area contributed by atoms with E-state index >= 15 is 0 Å². The number of carbonyl (C=O) groups is 1. The molecular formula is C20H19N3O4S. The molecule has 3 rings (SSSR count). The highest BCUT2D eigenvalue weighted by atomic mass is 32.2. The van der Waals surface area contributed by atoms with Gasteiger partial charge in [0.15, 0.2) is 0 Å². The van der Waals surface area contributed by atoms with Crippen LogP contribution in [-0.4, -0.2) is 21.4 Å². The molecule has 0 bridgehead atoms. The van der Waals surface area contributed by atoms with E-state index in [1.807, 2.05) is 0 Å². The van der Waals surface area contributed by atoms with Gasteiger partial charge >= 0.3 is 0 Å². The van der Waals surface area contributed by atoms with Crippen LogP contribution in [0.1, 0.15) is 10.4 Å². The molecule has 0 fully saturated rings. The van der Waals surface area contributed by atoms with E-state index in [-0.39, 0.29) is 10.8 Å². The number of primary sulfonamides is 1. The average molecular weight is 397 g/mol. The van der Waals surface area contributed by atoms with Crippen molar-refractivity contribution in [2.45, 2.75) is 4.90 Å². The van der Waals surface area contributed by atoms with Gasteiger partial charge in [0, 0.05) is 5.56 Å². The highest BCUT2D eigenvalue weighted by Gasteiger charge is 2.12. The maximum absolute atomic E-state index is 12.5. The first kappa shape index (κ1) is 19.4. The summed E-state index contributed by atoms with van der Waals surface area (Å²) in [4.78, 5) is 12.5. The maximum Gasteiger partial charge on any atom is 0.255 e. The molecule has 8 heteroatoms. The maximum atomic E-state index is 12.5. The fourth-order valence-corrected chi connectivity index (χ4v) is 3.19. The van der Waals surface area contributed by atoms with Crippen LogP contribution in [0.5, 0.6) is 5.75 Å². The molecule has 7 nitrogen and oxygen atoms in total. The van der Waals surface area contributed by atoms with Crippen LogP contribution in [0.15, 0.2) is 71.6 Å². The van der Waals surface area contributed by atoms with Crippen molar-refractivity contribution >= 4 is 27.3 Å². The fourth-order valence-electron chi connectivity index (χ4n) is 2.63. The van der Waals surface area contributed by atoms with E-state index < -0.39 is 10.0 Å². The van der Waals surface area contributed by atoms with Crippen molar-refractivity contribution in [3.8, 4) is 16.9 Å². The Hall–Kier alpha value is -3.36. The lowest BCUT2D eigenvalue weighted by Crippen LogP contribution is -2.13. The molecule has 144 valence electrons. The molecule has 0 atom stereocenters. The van der Waals surface area contributed by atoms with E-state index in [0.29, 0.717) is 33.8 Å². The molecule has 0 saturated carbocycles. The molecule has 0 aliphatic rings. The van der Waals surface area contributed by atoms with Crippen LogP contribution in [0.4, 0.5) is 11.4 Å². The second-order valence-corrected chi connectivity index (χ2v) is 7.62. The number of nitrogen functional groups attached to an aromatic ring is 1. The summed E-state index contributed by atoms with van der Waals surface area (Å²) in [6.45, 7) is 0. The molecule has 0 heterocycles. The molecule has 0 spiro atoms. The number of rotatable bonds is 5. The van der Waals surface area contributed by atoms with Gasteiger partial charge in [0.1, 0.15) is 5.75 Å². The topological polar surface area (TPSA) is 125 Å². The Morgan fingerprint density at radius 1 is 0.964 bits per heavy atom. The molecule has 3 aromatic rings. The average Bonchev–Trinajstić information content (AvgIpc) is 2.69. The van der Waals surface area contributed by atoms with Gasteiger partial charge in [-0.05, 0) is 59.7 Å². The summed E-state index contributed by atoms with van der Waals surface area (Å²) in [5.74, 6) is 0.317. The number of anilines is 2. The Balaban J connectivity index is 1.90. The van der Waals surface area contributed by atoms with E-state index in [1.54, 1.807) is 61.7 Å². The Bertz CT molecular complexity index is 1130. The third kappa shape index (κ3) is 4.30. The van der Waals surface area contributed by atoms with Crippen LogP contribution >= 0.6 is 0 Å². The van der Waals surface area contributed by atoms with Gasteiger partial charge in [0.05, 0.1) is 23.4 Å². The van der Waals surface area contributed by atoms with Gasteiger partial charge in [0.2, 0.25) is 10.0 Å². The van der Waals surface area contributed by atoms with Crippen molar-refractivity contribution < 1.29 is 17.9 Å². The third-order valence-electron chi connectivity index (χ3n) is 4.15. The number of hydrogen-bond donors (Lipinski definition) is 3. The first-order valence-corrected chi connectivity index (χ1v) is 9.81. The van der Waals surface area contributed by atoms with Crippen molar-refractivity contribution in [2.24, 2.45) is 5.14 Å². The summed E-state index contributed by atoms with van der Waals surface area (Å²) in [7, 11) is -2.27. The van der Waals surface area contributed by atoms with Gasteiger partial charge < -0.3 is 15.8 Å². The van der Waals surface area contributed by atoms with E-state index in [2.05, 4.69) is 5.32 Å². The van der Waals surface area contributed by atoms with Gasteiger partial charge in [-0.3, -0.25) is 4.79 Å². The van der Waals surface area contributed by atoms with Crippen molar-refractivity contribution in [2.75, 3.05) is 18.2 Å². The van der Waals surface area contributed by atoms with Crippen LogP contribution < -0.4 is 20.9 Å². The Kier molecular flexibility index (Phi) is 5.34. The smallest absolute Gasteiger partial charge is 0.255 e. The summed E-state index contributed by atoms with van der Waals surface area (Å²) >= 11 is 0. The van der Waals surface area contributed by atoms with E-state index in [9.17, 15) is 13.2 Å². The summed E-state index contributed by atoms with van der Waals surface area (Å²) in [5, 5.41) is 7.97. The standard InChI is InChI=1S/C20H19N3O4S/c1-27-16-8-5-13(6-9-16)20(24)23-19-12-15(7-10-18(19)21)14-3-2-4-17(11-14)28(22,25)26/h2-12H,21H2,1H3,(H,23,24)(H2,22,25,26). The quantitative estimate of drug-likeness (QED) is 0.571. The summed E-state index contributed by atoms with van der Waals surface area (Å²) < 4.78 is 28.2. The lowest BCUT2D eigenvalue weighted by atomic mass is 10.0. The zero-order valence-corrected chi connectivity index (χ0v) is 15.9. The normalized spacial score (nSPS) is 11.1. The van der Waals surface area contributed by atoms with Gasteiger partial charge in [-0.1, -0.05) is 18.2 Å². The number of ether oxygens (including phenoxy) is 1. The van der Waals surface area contributed by atoms with Gasteiger partial charge in [-0.25, -0.2) is 13.6 Å². The van der Waals surface area contributed by atoms with Crippen molar-refractivity contribution in [1.29, 1.82) is 0 Å². The van der Waals surface area contributed by atoms with Crippen molar-refractivity contribution in [3.05, 3.63) is 72.3 Å². The second-order valence-electron chi connectivity index (χ2n) is 6.06. The largest absolute Gasteiger partial charge is 0.497 e. The molecule has 5 N–H and O–H groups in total. The van der Waals surface area contributed by atoms with Gasteiger partial charge in [-0.15, -0.1) is 0 Å². The lowest BCUT2D eigenvalue weighted by molar-refractivity contribution is 0.102. The van der Waals surface area contributed by atoms with Crippen molar-refractivity contribution in [1.82, 2.24) is 0 Å². The lowest BCUT2D eigenvalue weighted by Gasteiger charge is -2.11. The summed E-state index contributed by atoms with van der Waals surface area (Å²) in [5.41, 5.74) is 8.55. The molecule has 1 amide bonds. The Morgan fingerprint density at radius 2 is 1.64 bits per heavy atom. The molecule has 0 aliphatic carbocycles. The molecule has 28 heavy (non-hydrogen) atoms. The highest BCUT2D eigenvalue weighted by molar-refractivity contribution is 7.89. The van der Waals surface area contributed by atoms with Gasteiger partial charge in [0.25, 0.3) is 5.91 Å². The monoisotopic (exact) mass is 397 g/mol. The number of sulfonamides is 1. The minimum absolute atomic E-state index is 0.00523. The van der Waals surface area contributed by atoms with Crippen molar-refractivity contribution in [3.63, 3.8) is 0 Å². The molecule has 0 unspecified atom stereocenters. The first-order chi connectivity index (χ1) is 13.3. The van der Waals surface area contributed by atoms with Crippen LogP contribution in [-0.2, 0) is 10.0 Å². The minimum Gasteiger partial charge on any atom is -0.497 e. The molecule has 0 saturated heterocycles. The number of amides is 1.